The van der Waals surface area contributed by atoms with Crippen LogP contribution in [0.4, 0.5) is 4.39 Å². The number of esters is 1. The standard InChI is InChI=1S/C20H18FN5O4/c1-12(23-24-19(28)13-7-9-22-10-8-13)18-16(11-17(27)30-2)25-26(20(18)29)15-5-3-14(21)4-6-15/h3-10,25H,11H2,1-2H3,(H,24,28)/b23-12+. The Hall–Kier alpha value is -4.08. The summed E-state index contributed by atoms with van der Waals surface area (Å²) in [6.45, 7) is 1.52. The van der Waals surface area contributed by atoms with Crippen LogP contribution in [0.3, 0.4) is 0 Å². The molecule has 0 fully saturated rings. The maximum Gasteiger partial charge on any atom is 0.311 e. The first-order valence-corrected chi connectivity index (χ1v) is 8.82. The van der Waals surface area contributed by atoms with Gasteiger partial charge in [0.25, 0.3) is 11.5 Å². The van der Waals surface area contributed by atoms with Gasteiger partial charge in [0.05, 0.1) is 36.2 Å². The van der Waals surface area contributed by atoms with Gasteiger partial charge in [-0.3, -0.25) is 24.5 Å². The Balaban J connectivity index is 1.98. The van der Waals surface area contributed by atoms with Crippen molar-refractivity contribution in [3.05, 3.63) is 81.8 Å². The minimum atomic E-state index is -0.572. The number of halogens is 1. The first kappa shape index (κ1) is 20.6. The number of carbonyl (C=O) groups excluding carboxylic acids is 2. The third kappa shape index (κ3) is 4.49. The van der Waals surface area contributed by atoms with Crippen LogP contribution in [-0.4, -0.2) is 39.5 Å². The lowest BCUT2D eigenvalue weighted by molar-refractivity contribution is -0.139. The number of aromatic nitrogens is 3. The van der Waals surface area contributed by atoms with E-state index in [9.17, 15) is 18.8 Å². The number of hydrazone groups is 1. The van der Waals surface area contributed by atoms with Gasteiger partial charge in [-0.05, 0) is 43.3 Å². The molecule has 3 rings (SSSR count). The minimum absolute atomic E-state index is 0.0970. The molecule has 10 heteroatoms. The maximum absolute atomic E-state index is 13.2. The number of nitrogens with one attached hydrogen (secondary N) is 2. The molecule has 0 saturated carbocycles. The van der Waals surface area contributed by atoms with Crippen molar-refractivity contribution in [3.63, 3.8) is 0 Å². The molecular formula is C20H18FN5O4. The van der Waals surface area contributed by atoms with Crippen molar-refractivity contribution in [1.29, 1.82) is 0 Å². The fraction of sp³-hybridized carbons (Fsp3) is 0.150. The predicted octanol–water partition coefficient (Wildman–Crippen LogP) is 1.57. The van der Waals surface area contributed by atoms with E-state index in [1.807, 2.05) is 0 Å². The maximum atomic E-state index is 13.2. The van der Waals surface area contributed by atoms with Gasteiger partial charge in [-0.25, -0.2) is 14.5 Å². The number of rotatable bonds is 6. The molecule has 154 valence electrons. The molecule has 0 atom stereocenters. The van der Waals surface area contributed by atoms with Crippen LogP contribution in [-0.2, 0) is 16.0 Å². The molecule has 0 spiro atoms. The third-order valence-corrected chi connectivity index (χ3v) is 4.23. The Morgan fingerprint density at radius 3 is 2.50 bits per heavy atom. The predicted molar refractivity (Wildman–Crippen MR) is 106 cm³/mol. The molecule has 0 saturated heterocycles. The number of nitrogens with zero attached hydrogens (tertiary/aromatic N) is 3. The number of hydrogen-bond acceptors (Lipinski definition) is 6. The molecule has 0 bridgehead atoms. The zero-order valence-electron chi connectivity index (χ0n) is 16.2. The van der Waals surface area contributed by atoms with Crippen molar-refractivity contribution >= 4 is 17.6 Å². The topological polar surface area (TPSA) is 118 Å². The summed E-state index contributed by atoms with van der Waals surface area (Å²) in [5, 5.41) is 6.83. The Bertz CT molecular complexity index is 1150. The van der Waals surface area contributed by atoms with E-state index in [1.165, 1.54) is 62.8 Å². The Kier molecular flexibility index (Phi) is 6.16. The molecule has 0 radical (unpaired) electrons. The first-order chi connectivity index (χ1) is 14.4. The third-order valence-electron chi connectivity index (χ3n) is 4.23. The number of aromatic amines is 1. The van der Waals surface area contributed by atoms with E-state index in [4.69, 9.17) is 0 Å². The molecule has 2 N–H and O–H groups in total. The monoisotopic (exact) mass is 411 g/mol. The highest BCUT2D eigenvalue weighted by Crippen LogP contribution is 2.11. The van der Waals surface area contributed by atoms with E-state index in [2.05, 4.69) is 25.3 Å². The summed E-state index contributed by atoms with van der Waals surface area (Å²) in [5.41, 5.74) is 3.09. The summed E-state index contributed by atoms with van der Waals surface area (Å²) < 4.78 is 19.1. The van der Waals surface area contributed by atoms with Gasteiger partial charge in [0, 0.05) is 18.0 Å². The van der Waals surface area contributed by atoms with Crippen molar-refractivity contribution in [2.24, 2.45) is 5.10 Å². The van der Waals surface area contributed by atoms with E-state index >= 15 is 0 Å². The summed E-state index contributed by atoms with van der Waals surface area (Å²) >= 11 is 0. The number of pyridine rings is 1. The molecule has 0 aliphatic carbocycles. The highest BCUT2D eigenvalue weighted by atomic mass is 19.1. The van der Waals surface area contributed by atoms with Gasteiger partial charge in [-0.1, -0.05) is 0 Å². The number of hydrogen-bond donors (Lipinski definition) is 2. The van der Waals surface area contributed by atoms with Crippen LogP contribution >= 0.6 is 0 Å². The van der Waals surface area contributed by atoms with Crippen LogP contribution in [0.2, 0.25) is 0 Å². The zero-order chi connectivity index (χ0) is 21.7. The van der Waals surface area contributed by atoms with Crippen LogP contribution in [0.15, 0.2) is 58.7 Å². The molecule has 0 unspecified atom stereocenters. The summed E-state index contributed by atoms with van der Waals surface area (Å²) in [6.07, 6.45) is 2.71. The van der Waals surface area contributed by atoms with Gasteiger partial charge < -0.3 is 4.74 Å². The van der Waals surface area contributed by atoms with Crippen LogP contribution < -0.4 is 11.0 Å². The van der Waals surface area contributed by atoms with Gasteiger partial charge in [0.2, 0.25) is 0 Å². The van der Waals surface area contributed by atoms with Crippen molar-refractivity contribution in [2.75, 3.05) is 7.11 Å². The molecule has 2 heterocycles. The number of H-pyrrole nitrogens is 1. The Morgan fingerprint density at radius 1 is 1.20 bits per heavy atom. The largest absolute Gasteiger partial charge is 0.469 e. The fourth-order valence-corrected chi connectivity index (χ4v) is 2.73. The molecule has 2 aromatic heterocycles. The summed E-state index contributed by atoms with van der Waals surface area (Å²) in [6, 6.07) is 8.27. The molecule has 3 aromatic rings. The normalized spacial score (nSPS) is 11.2. The van der Waals surface area contributed by atoms with E-state index < -0.39 is 23.3 Å². The Labute approximate surface area is 170 Å². The zero-order valence-corrected chi connectivity index (χ0v) is 16.2. The SMILES string of the molecule is COC(=O)Cc1[nH]n(-c2ccc(F)cc2)c(=O)c1/C(C)=N/NC(=O)c1ccncc1. The second-order valence-electron chi connectivity index (χ2n) is 6.21. The van der Waals surface area contributed by atoms with E-state index in [0.717, 1.165) is 4.68 Å². The van der Waals surface area contributed by atoms with E-state index in [0.29, 0.717) is 11.3 Å². The van der Waals surface area contributed by atoms with Gasteiger partial charge >= 0.3 is 5.97 Å². The van der Waals surface area contributed by atoms with Crippen LogP contribution in [0.1, 0.15) is 28.5 Å². The number of carbonyl (C=O) groups is 2. The lowest BCUT2D eigenvalue weighted by atomic mass is 10.1. The molecule has 30 heavy (non-hydrogen) atoms. The van der Waals surface area contributed by atoms with Gasteiger partial charge in [-0.2, -0.15) is 5.10 Å². The van der Waals surface area contributed by atoms with Crippen LogP contribution in [0.5, 0.6) is 0 Å². The summed E-state index contributed by atoms with van der Waals surface area (Å²) in [4.78, 5) is 40.8. The quantitative estimate of drug-likeness (QED) is 0.363. The van der Waals surface area contributed by atoms with E-state index in [1.54, 1.807) is 0 Å². The molecule has 0 aliphatic heterocycles. The smallest absolute Gasteiger partial charge is 0.311 e. The van der Waals surface area contributed by atoms with Crippen molar-refractivity contribution < 1.29 is 18.7 Å². The summed E-state index contributed by atoms with van der Waals surface area (Å²) in [7, 11) is 1.23. The average molecular weight is 411 g/mol. The lowest BCUT2D eigenvalue weighted by Crippen LogP contribution is -2.24. The van der Waals surface area contributed by atoms with Crippen molar-refractivity contribution in [3.8, 4) is 5.69 Å². The number of ether oxygens (including phenoxy) is 1. The molecular weight excluding hydrogens is 393 g/mol. The lowest BCUT2D eigenvalue weighted by Gasteiger charge is -2.03. The molecule has 1 amide bonds. The van der Waals surface area contributed by atoms with Crippen molar-refractivity contribution in [2.45, 2.75) is 13.3 Å². The van der Waals surface area contributed by atoms with Gasteiger partial charge in [0.1, 0.15) is 5.82 Å². The molecule has 9 nitrogen and oxygen atoms in total. The Morgan fingerprint density at radius 2 is 1.87 bits per heavy atom. The number of methoxy groups -OCH3 is 1. The van der Waals surface area contributed by atoms with Crippen LogP contribution in [0.25, 0.3) is 5.69 Å². The highest BCUT2D eigenvalue weighted by molar-refractivity contribution is 6.02. The van der Waals surface area contributed by atoms with Gasteiger partial charge in [0.15, 0.2) is 0 Å². The fourth-order valence-electron chi connectivity index (χ4n) is 2.73. The second-order valence-corrected chi connectivity index (χ2v) is 6.21. The average Bonchev–Trinajstić information content (AvgIpc) is 3.08. The summed E-state index contributed by atoms with van der Waals surface area (Å²) in [5.74, 6) is -1.51. The number of benzene rings is 1. The second kappa shape index (κ2) is 8.95. The van der Waals surface area contributed by atoms with Crippen LogP contribution in [0, 0.1) is 5.82 Å². The number of amides is 1. The van der Waals surface area contributed by atoms with E-state index in [-0.39, 0.29) is 23.4 Å². The minimum Gasteiger partial charge on any atom is -0.469 e. The van der Waals surface area contributed by atoms with Crippen molar-refractivity contribution in [1.82, 2.24) is 20.2 Å². The molecule has 0 aliphatic rings. The molecule has 1 aromatic carbocycles. The highest BCUT2D eigenvalue weighted by Gasteiger charge is 2.20. The van der Waals surface area contributed by atoms with Gasteiger partial charge in [-0.15, -0.1) is 0 Å². The first-order valence-electron chi connectivity index (χ1n) is 8.82.